The van der Waals surface area contributed by atoms with E-state index in [2.05, 4.69) is 19.2 Å². The minimum absolute atomic E-state index is 0.0604. The molecule has 0 saturated carbocycles. The van der Waals surface area contributed by atoms with Gasteiger partial charge in [0.1, 0.15) is 0 Å². The number of carbonyl (C=O) groups is 1. The predicted molar refractivity (Wildman–Crippen MR) is 67.6 cm³/mol. The third-order valence-corrected chi connectivity index (χ3v) is 2.74. The van der Waals surface area contributed by atoms with Gasteiger partial charge in [0, 0.05) is 11.6 Å². The van der Waals surface area contributed by atoms with Crippen LogP contribution in [0.4, 0.5) is 0 Å². The minimum Gasteiger partial charge on any atom is -0.349 e. The Morgan fingerprint density at radius 1 is 1.35 bits per heavy atom. The van der Waals surface area contributed by atoms with E-state index in [4.69, 9.17) is 5.26 Å². The van der Waals surface area contributed by atoms with Crippen molar-refractivity contribution in [3.05, 3.63) is 35.4 Å². The minimum atomic E-state index is -0.0604. The molecule has 0 aliphatic heterocycles. The summed E-state index contributed by atoms with van der Waals surface area (Å²) in [5.41, 5.74) is 1.18. The molecule has 3 heteroatoms. The Morgan fingerprint density at radius 2 is 2.00 bits per heavy atom. The maximum absolute atomic E-state index is 11.9. The monoisotopic (exact) mass is 230 g/mol. The quantitative estimate of drug-likeness (QED) is 0.845. The van der Waals surface area contributed by atoms with E-state index >= 15 is 0 Å². The lowest BCUT2D eigenvalue weighted by molar-refractivity contribution is 0.0933. The second-order valence-electron chi connectivity index (χ2n) is 4.06. The van der Waals surface area contributed by atoms with E-state index in [0.29, 0.717) is 11.1 Å². The highest BCUT2D eigenvalue weighted by Crippen LogP contribution is 2.06. The van der Waals surface area contributed by atoms with E-state index in [1.165, 1.54) is 0 Å². The first-order valence-corrected chi connectivity index (χ1v) is 6.02. The van der Waals surface area contributed by atoms with E-state index in [1.807, 2.05) is 6.07 Å². The molecule has 0 aromatic heterocycles. The average Bonchev–Trinajstić information content (AvgIpc) is 2.38. The van der Waals surface area contributed by atoms with Crippen LogP contribution in [0.3, 0.4) is 0 Å². The molecule has 0 spiro atoms. The normalized spacial score (nSPS) is 11.6. The Kier molecular flexibility index (Phi) is 5.22. The molecule has 1 rings (SSSR count). The van der Waals surface area contributed by atoms with Crippen molar-refractivity contribution in [2.24, 2.45) is 0 Å². The van der Waals surface area contributed by atoms with Crippen molar-refractivity contribution in [2.75, 3.05) is 0 Å². The summed E-state index contributed by atoms with van der Waals surface area (Å²) in [6.07, 6.45) is 3.00. The Balaban J connectivity index is 2.66. The van der Waals surface area contributed by atoms with Gasteiger partial charge in [-0.25, -0.2) is 0 Å². The molecule has 1 amide bonds. The largest absolute Gasteiger partial charge is 0.349 e. The smallest absolute Gasteiger partial charge is 0.251 e. The van der Waals surface area contributed by atoms with Crippen LogP contribution in [0.1, 0.15) is 49.0 Å². The number of hydrogen-bond donors (Lipinski definition) is 1. The molecule has 1 aromatic carbocycles. The first-order chi connectivity index (χ1) is 8.21. The van der Waals surface area contributed by atoms with Crippen molar-refractivity contribution < 1.29 is 4.79 Å². The highest BCUT2D eigenvalue weighted by molar-refractivity contribution is 5.94. The second kappa shape index (κ2) is 6.70. The zero-order chi connectivity index (χ0) is 12.7. The highest BCUT2D eigenvalue weighted by atomic mass is 16.1. The van der Waals surface area contributed by atoms with Crippen LogP contribution in [0.5, 0.6) is 0 Å². The molecule has 0 aliphatic rings. The lowest BCUT2D eigenvalue weighted by Crippen LogP contribution is -2.34. The number of nitriles is 1. The number of rotatable bonds is 5. The van der Waals surface area contributed by atoms with Gasteiger partial charge in [0.15, 0.2) is 0 Å². The van der Waals surface area contributed by atoms with Crippen LogP contribution in [0.15, 0.2) is 24.3 Å². The van der Waals surface area contributed by atoms with Gasteiger partial charge in [-0.1, -0.05) is 20.3 Å². The van der Waals surface area contributed by atoms with Crippen molar-refractivity contribution in [3.8, 4) is 6.07 Å². The molecule has 0 heterocycles. The molecule has 1 atom stereocenters. The van der Waals surface area contributed by atoms with Gasteiger partial charge < -0.3 is 5.32 Å². The van der Waals surface area contributed by atoms with Gasteiger partial charge in [0.05, 0.1) is 11.6 Å². The molecule has 0 bridgehead atoms. The first-order valence-electron chi connectivity index (χ1n) is 6.02. The van der Waals surface area contributed by atoms with Gasteiger partial charge in [-0.15, -0.1) is 0 Å². The SMILES string of the molecule is CCCC(CC)NC(=O)c1ccc(C#N)cc1. The van der Waals surface area contributed by atoms with E-state index in [0.717, 1.165) is 19.3 Å². The van der Waals surface area contributed by atoms with E-state index in [1.54, 1.807) is 24.3 Å². The summed E-state index contributed by atoms with van der Waals surface area (Å²) >= 11 is 0. The molecule has 0 fully saturated rings. The summed E-state index contributed by atoms with van der Waals surface area (Å²) in [7, 11) is 0. The van der Waals surface area contributed by atoms with Gasteiger partial charge in [0.25, 0.3) is 5.91 Å². The third-order valence-electron chi connectivity index (χ3n) is 2.74. The number of nitrogens with zero attached hydrogens (tertiary/aromatic N) is 1. The van der Waals surface area contributed by atoms with E-state index in [9.17, 15) is 4.79 Å². The van der Waals surface area contributed by atoms with Crippen LogP contribution in [0, 0.1) is 11.3 Å². The zero-order valence-corrected chi connectivity index (χ0v) is 10.4. The van der Waals surface area contributed by atoms with Crippen LogP contribution in [-0.4, -0.2) is 11.9 Å². The predicted octanol–water partition coefficient (Wildman–Crippen LogP) is 2.87. The molecule has 0 radical (unpaired) electrons. The second-order valence-corrected chi connectivity index (χ2v) is 4.06. The van der Waals surface area contributed by atoms with Crippen molar-refractivity contribution >= 4 is 5.91 Å². The lowest BCUT2D eigenvalue weighted by Gasteiger charge is -2.15. The van der Waals surface area contributed by atoms with Crippen molar-refractivity contribution in [2.45, 2.75) is 39.2 Å². The summed E-state index contributed by atoms with van der Waals surface area (Å²) in [6, 6.07) is 8.97. The molecule has 17 heavy (non-hydrogen) atoms. The number of amides is 1. The Morgan fingerprint density at radius 3 is 2.47 bits per heavy atom. The van der Waals surface area contributed by atoms with Gasteiger partial charge in [0.2, 0.25) is 0 Å². The molecule has 1 N–H and O–H groups in total. The van der Waals surface area contributed by atoms with Crippen LogP contribution in [0.25, 0.3) is 0 Å². The molecular weight excluding hydrogens is 212 g/mol. The van der Waals surface area contributed by atoms with Gasteiger partial charge in [-0.05, 0) is 37.1 Å². The summed E-state index contributed by atoms with van der Waals surface area (Å²) < 4.78 is 0. The number of hydrogen-bond acceptors (Lipinski definition) is 2. The molecule has 3 nitrogen and oxygen atoms in total. The first kappa shape index (κ1) is 13.2. The molecule has 0 saturated heterocycles. The lowest BCUT2D eigenvalue weighted by atomic mass is 10.1. The maximum Gasteiger partial charge on any atom is 0.251 e. The Hall–Kier alpha value is -1.82. The summed E-state index contributed by atoms with van der Waals surface area (Å²) in [4.78, 5) is 11.9. The summed E-state index contributed by atoms with van der Waals surface area (Å²) in [5.74, 6) is -0.0604. The maximum atomic E-state index is 11.9. The van der Waals surface area contributed by atoms with Crippen LogP contribution in [-0.2, 0) is 0 Å². The van der Waals surface area contributed by atoms with E-state index in [-0.39, 0.29) is 11.9 Å². The van der Waals surface area contributed by atoms with Gasteiger partial charge in [-0.2, -0.15) is 5.26 Å². The summed E-state index contributed by atoms with van der Waals surface area (Å²) in [5, 5.41) is 11.7. The fourth-order valence-electron chi connectivity index (χ4n) is 1.69. The fourth-order valence-corrected chi connectivity index (χ4v) is 1.69. The standard InChI is InChI=1S/C14H18N2O/c1-3-5-13(4-2)16-14(17)12-8-6-11(10-15)7-9-12/h6-9,13H,3-5H2,1-2H3,(H,16,17). The number of benzene rings is 1. The Bertz CT molecular complexity index is 403. The molecule has 0 aliphatic carbocycles. The molecule has 1 unspecified atom stereocenters. The number of carbonyl (C=O) groups excluding carboxylic acids is 1. The average molecular weight is 230 g/mol. The van der Waals surface area contributed by atoms with Crippen LogP contribution >= 0.6 is 0 Å². The van der Waals surface area contributed by atoms with Crippen LogP contribution in [0.2, 0.25) is 0 Å². The number of nitrogens with one attached hydrogen (secondary N) is 1. The third kappa shape index (κ3) is 3.92. The van der Waals surface area contributed by atoms with Crippen molar-refractivity contribution in [3.63, 3.8) is 0 Å². The van der Waals surface area contributed by atoms with Crippen molar-refractivity contribution in [1.29, 1.82) is 5.26 Å². The van der Waals surface area contributed by atoms with Gasteiger partial charge >= 0.3 is 0 Å². The fraction of sp³-hybridized carbons (Fsp3) is 0.429. The van der Waals surface area contributed by atoms with Gasteiger partial charge in [-0.3, -0.25) is 4.79 Å². The zero-order valence-electron chi connectivity index (χ0n) is 10.4. The topological polar surface area (TPSA) is 52.9 Å². The molecule has 1 aromatic rings. The highest BCUT2D eigenvalue weighted by Gasteiger charge is 2.10. The Labute approximate surface area is 102 Å². The van der Waals surface area contributed by atoms with Crippen molar-refractivity contribution in [1.82, 2.24) is 5.32 Å². The molecular formula is C14H18N2O. The van der Waals surface area contributed by atoms with E-state index < -0.39 is 0 Å². The van der Waals surface area contributed by atoms with Crippen LogP contribution < -0.4 is 5.32 Å². The molecule has 90 valence electrons. The summed E-state index contributed by atoms with van der Waals surface area (Å²) in [6.45, 7) is 4.18.